The molecule has 0 atom stereocenters. The second kappa shape index (κ2) is 9.95. The number of hydrogen-bond acceptors (Lipinski definition) is 0. The Morgan fingerprint density at radius 1 is 0.609 bits per heavy atom. The van der Waals surface area contributed by atoms with E-state index in [1.165, 1.54) is 32.7 Å². The second-order valence-corrected chi connectivity index (χ2v) is 5.21. The van der Waals surface area contributed by atoms with E-state index >= 15 is 0 Å². The topological polar surface area (TPSA) is 0 Å². The summed E-state index contributed by atoms with van der Waals surface area (Å²) in [6.45, 7) is 4.28. The Morgan fingerprint density at radius 3 is 1.30 bits per heavy atom. The summed E-state index contributed by atoms with van der Waals surface area (Å²) in [6.07, 6.45) is 0. The zero-order chi connectivity index (χ0) is 13.9. The van der Waals surface area contributed by atoms with Gasteiger partial charge in [-0.15, -0.1) is 70.1 Å². The van der Waals surface area contributed by atoms with E-state index in [1.807, 2.05) is 0 Å². The molecule has 23 heavy (non-hydrogen) atoms. The van der Waals surface area contributed by atoms with Gasteiger partial charge in [-0.05, 0) is 0 Å². The molecule has 0 saturated heterocycles. The zero-order valence-electron chi connectivity index (χ0n) is 13.2. The summed E-state index contributed by atoms with van der Waals surface area (Å²) in [5, 5.41) is 5.45. The van der Waals surface area contributed by atoms with Crippen LogP contribution in [0.4, 0.5) is 0 Å². The predicted octanol–water partition coefficient (Wildman–Crippen LogP) is -0.260. The molecule has 0 aliphatic carbocycles. The van der Waals surface area contributed by atoms with Crippen LogP contribution in [-0.2, 0) is 21.7 Å². The van der Waals surface area contributed by atoms with Crippen molar-refractivity contribution in [3.63, 3.8) is 0 Å². The third-order valence-electron chi connectivity index (χ3n) is 3.80. The third kappa shape index (κ3) is 4.96. The van der Waals surface area contributed by atoms with Crippen LogP contribution in [0, 0.1) is 13.8 Å². The summed E-state index contributed by atoms with van der Waals surface area (Å²) in [6, 6.07) is 25.5. The van der Waals surface area contributed by atoms with Gasteiger partial charge in [-0.25, -0.2) is 0 Å². The second-order valence-electron chi connectivity index (χ2n) is 5.21. The van der Waals surface area contributed by atoms with Crippen LogP contribution in [0.15, 0.2) is 72.8 Å². The minimum absolute atomic E-state index is 0. The molecule has 116 valence electrons. The van der Waals surface area contributed by atoms with Crippen molar-refractivity contribution in [3.05, 3.63) is 83.9 Å². The van der Waals surface area contributed by atoms with Crippen LogP contribution in [0.1, 0.15) is 11.1 Å². The fourth-order valence-corrected chi connectivity index (χ4v) is 2.61. The van der Waals surface area contributed by atoms with Crippen molar-refractivity contribution in [1.29, 1.82) is 0 Å². The van der Waals surface area contributed by atoms with Gasteiger partial charge in [0, 0.05) is 0 Å². The zero-order valence-corrected chi connectivity index (χ0v) is 16.3. The van der Waals surface area contributed by atoms with E-state index < -0.39 is 0 Å². The Morgan fingerprint density at radius 2 is 0.957 bits per heavy atom. The van der Waals surface area contributed by atoms with Gasteiger partial charge in [0.2, 0.25) is 0 Å². The fourth-order valence-electron chi connectivity index (χ4n) is 2.61. The van der Waals surface area contributed by atoms with Gasteiger partial charge in [-0.1, -0.05) is 26.0 Å². The van der Waals surface area contributed by atoms with Crippen LogP contribution in [0.5, 0.6) is 0 Å². The van der Waals surface area contributed by atoms with Crippen molar-refractivity contribution in [2.24, 2.45) is 0 Å². The third-order valence-corrected chi connectivity index (χ3v) is 3.80. The van der Waals surface area contributed by atoms with E-state index in [2.05, 4.69) is 86.6 Å². The maximum absolute atomic E-state index is 2.16. The molecule has 0 amide bonds. The number of aryl methyl sites for hydroxylation is 2. The van der Waals surface area contributed by atoms with Gasteiger partial charge < -0.3 is 24.8 Å². The quantitative estimate of drug-likeness (QED) is 0.293. The molecule has 0 N–H and O–H groups in total. The summed E-state index contributed by atoms with van der Waals surface area (Å²) in [5.41, 5.74) is 2.74. The van der Waals surface area contributed by atoms with E-state index in [1.54, 1.807) is 0 Å². The van der Waals surface area contributed by atoms with Gasteiger partial charge in [0.1, 0.15) is 0 Å². The Hall–Kier alpha value is -1.05. The largest absolute Gasteiger partial charge is 4.00 e. The molecular formula is C20H18Cl2Ti. The molecule has 0 nitrogen and oxygen atoms in total. The number of halogens is 2. The van der Waals surface area contributed by atoms with Crippen LogP contribution in [0.25, 0.3) is 21.5 Å². The standard InChI is InChI=1S/2C10H9.2ClH.Ti/c2*1-8-6-7-9-4-2-3-5-10(8)9;;;/h2*2-7H,1H3;2*1H;/q2*-1;;;+4/p-2. The monoisotopic (exact) mass is 376 g/mol. The number of hydrogen-bond donors (Lipinski definition) is 0. The molecule has 0 aliphatic rings. The first-order chi connectivity index (χ1) is 9.75. The summed E-state index contributed by atoms with van der Waals surface area (Å²) in [4.78, 5) is 0. The molecule has 0 spiro atoms. The van der Waals surface area contributed by atoms with Crippen molar-refractivity contribution in [1.82, 2.24) is 0 Å². The number of rotatable bonds is 0. The summed E-state index contributed by atoms with van der Waals surface area (Å²) >= 11 is 0. The summed E-state index contributed by atoms with van der Waals surface area (Å²) < 4.78 is 0. The van der Waals surface area contributed by atoms with Gasteiger partial charge in [-0.2, -0.15) is 23.3 Å². The molecule has 0 fully saturated rings. The maximum atomic E-state index is 2.16. The molecule has 4 aromatic carbocycles. The van der Waals surface area contributed by atoms with E-state index in [-0.39, 0.29) is 46.5 Å². The molecule has 0 radical (unpaired) electrons. The summed E-state index contributed by atoms with van der Waals surface area (Å²) in [5.74, 6) is 0. The molecule has 4 rings (SSSR count). The molecule has 3 heteroatoms. The molecule has 0 bridgehead atoms. The molecule has 0 saturated carbocycles. The first-order valence-electron chi connectivity index (χ1n) is 6.98. The van der Waals surface area contributed by atoms with Crippen LogP contribution >= 0.6 is 0 Å². The summed E-state index contributed by atoms with van der Waals surface area (Å²) in [7, 11) is 0. The molecule has 0 aromatic heterocycles. The minimum Gasteiger partial charge on any atom is -1.00 e. The SMILES string of the molecule is Cc1c[cH-]c2ccccc12.Cc1c[cH-]c2ccccc12.[Cl-].[Cl-].[Ti+4]. The van der Waals surface area contributed by atoms with E-state index in [0.717, 1.165) is 0 Å². The smallest absolute Gasteiger partial charge is 1.00 e. The van der Waals surface area contributed by atoms with Crippen LogP contribution in [0.3, 0.4) is 0 Å². The first kappa shape index (κ1) is 22.0. The van der Waals surface area contributed by atoms with Crippen LogP contribution < -0.4 is 24.8 Å². The Labute approximate surface area is 165 Å². The predicted molar refractivity (Wildman–Crippen MR) is 88.6 cm³/mol. The minimum atomic E-state index is 0. The normalized spacial score (nSPS) is 9.13. The van der Waals surface area contributed by atoms with Crippen LogP contribution in [-0.4, -0.2) is 0 Å². The van der Waals surface area contributed by atoms with Crippen molar-refractivity contribution in [3.8, 4) is 0 Å². The van der Waals surface area contributed by atoms with Gasteiger partial charge >= 0.3 is 21.7 Å². The molecule has 4 aromatic rings. The van der Waals surface area contributed by atoms with Gasteiger partial charge in [0.15, 0.2) is 0 Å². The first-order valence-corrected chi connectivity index (χ1v) is 6.98. The van der Waals surface area contributed by atoms with Crippen molar-refractivity contribution in [2.75, 3.05) is 0 Å². The van der Waals surface area contributed by atoms with E-state index in [9.17, 15) is 0 Å². The van der Waals surface area contributed by atoms with E-state index in [0.29, 0.717) is 0 Å². The molecule has 0 heterocycles. The molecular weight excluding hydrogens is 359 g/mol. The number of fused-ring (bicyclic) bond motifs is 2. The fraction of sp³-hybridized carbons (Fsp3) is 0.100. The van der Waals surface area contributed by atoms with Crippen molar-refractivity contribution < 1.29 is 46.5 Å². The van der Waals surface area contributed by atoms with Crippen molar-refractivity contribution in [2.45, 2.75) is 13.8 Å². The van der Waals surface area contributed by atoms with Gasteiger partial charge in [0.05, 0.1) is 0 Å². The Balaban J connectivity index is 0.000000372. The Bertz CT molecular complexity index is 771. The van der Waals surface area contributed by atoms with E-state index in [4.69, 9.17) is 0 Å². The van der Waals surface area contributed by atoms with Gasteiger partial charge in [0.25, 0.3) is 0 Å². The maximum Gasteiger partial charge on any atom is 4.00 e. The molecule has 0 unspecified atom stereocenters. The van der Waals surface area contributed by atoms with Gasteiger partial charge in [-0.3, -0.25) is 0 Å². The average Bonchev–Trinajstić information content (AvgIpc) is 3.05. The average molecular weight is 377 g/mol. The molecule has 0 aliphatic heterocycles. The number of benzene rings is 2. The van der Waals surface area contributed by atoms with Crippen molar-refractivity contribution >= 4 is 21.5 Å². The Kier molecular flexibility index (Phi) is 9.50. The van der Waals surface area contributed by atoms with Crippen LogP contribution in [0.2, 0.25) is 0 Å².